The summed E-state index contributed by atoms with van der Waals surface area (Å²) in [4.78, 5) is 0. The summed E-state index contributed by atoms with van der Waals surface area (Å²) in [5.41, 5.74) is 3.45. The molecule has 0 aliphatic rings. The summed E-state index contributed by atoms with van der Waals surface area (Å²) >= 11 is 5.94. The number of hydrazone groups is 1. The lowest BCUT2D eigenvalue weighted by Gasteiger charge is -1.98. The van der Waals surface area contributed by atoms with E-state index in [0.717, 1.165) is 5.56 Å². The molecule has 0 atom stereocenters. The quantitative estimate of drug-likeness (QED) is 0.516. The van der Waals surface area contributed by atoms with Gasteiger partial charge in [-0.2, -0.15) is 5.10 Å². The third kappa shape index (κ3) is 4.06. The maximum Gasteiger partial charge on any atom is 0.263 e. The monoisotopic (exact) mass is 308 g/mol. The van der Waals surface area contributed by atoms with Gasteiger partial charge in [0.2, 0.25) is 0 Å². The molecule has 98 valence electrons. The van der Waals surface area contributed by atoms with Crippen LogP contribution in [-0.4, -0.2) is 21.1 Å². The molecule has 18 heavy (non-hydrogen) atoms. The van der Waals surface area contributed by atoms with Gasteiger partial charge in [0.1, 0.15) is 6.33 Å². The Kier molecular flexibility index (Phi) is 7.11. The van der Waals surface area contributed by atoms with Crippen LogP contribution in [0, 0.1) is 0 Å². The van der Waals surface area contributed by atoms with Crippen molar-refractivity contribution < 1.29 is 0 Å². The molecule has 0 fully saturated rings. The zero-order valence-electron chi connectivity index (χ0n) is 9.02. The highest BCUT2D eigenvalue weighted by Gasteiger charge is 1.97. The second-order valence-corrected chi connectivity index (χ2v) is 3.36. The largest absolute Gasteiger partial charge is 0.335 e. The first kappa shape index (κ1) is 16.5. The Labute approximate surface area is 121 Å². The van der Waals surface area contributed by atoms with Crippen molar-refractivity contribution in [1.82, 2.24) is 14.9 Å². The van der Waals surface area contributed by atoms with Crippen molar-refractivity contribution in [2.24, 2.45) is 5.10 Å². The molecule has 0 bridgehead atoms. The number of halogens is 3. The molecule has 1 aromatic heterocycles. The van der Waals surface area contributed by atoms with E-state index in [-0.39, 0.29) is 24.8 Å². The molecule has 0 saturated carbocycles. The topological polar surface area (TPSA) is 81.1 Å². The minimum atomic E-state index is 0. The summed E-state index contributed by atoms with van der Waals surface area (Å²) in [6.07, 6.45) is 2.95. The SMILES string of the molecule is Cl.Cl.Nn1cnnc1N/N=C/c1ccccc1Cl. The van der Waals surface area contributed by atoms with Gasteiger partial charge in [-0.25, -0.2) is 10.1 Å². The molecular weight excluding hydrogens is 298 g/mol. The van der Waals surface area contributed by atoms with Crippen LogP contribution in [0.15, 0.2) is 35.7 Å². The highest BCUT2D eigenvalue weighted by Crippen LogP contribution is 2.12. The Hall–Kier alpha value is -1.50. The lowest BCUT2D eigenvalue weighted by atomic mass is 10.2. The van der Waals surface area contributed by atoms with Crippen LogP contribution in [0.25, 0.3) is 0 Å². The average molecular weight is 310 g/mol. The second kappa shape index (κ2) is 7.75. The Morgan fingerprint density at radius 1 is 1.33 bits per heavy atom. The highest BCUT2D eigenvalue weighted by atomic mass is 35.5. The van der Waals surface area contributed by atoms with Gasteiger partial charge in [-0.15, -0.1) is 35.0 Å². The molecule has 9 heteroatoms. The molecule has 0 unspecified atom stereocenters. The van der Waals surface area contributed by atoms with Gasteiger partial charge in [-0.1, -0.05) is 29.8 Å². The number of nitrogens with one attached hydrogen (secondary N) is 1. The molecule has 2 rings (SSSR count). The van der Waals surface area contributed by atoms with Crippen molar-refractivity contribution >= 4 is 48.6 Å². The minimum Gasteiger partial charge on any atom is -0.335 e. The third-order valence-corrected chi connectivity index (χ3v) is 2.19. The smallest absolute Gasteiger partial charge is 0.263 e. The second-order valence-electron chi connectivity index (χ2n) is 2.95. The van der Waals surface area contributed by atoms with E-state index in [2.05, 4.69) is 20.7 Å². The summed E-state index contributed by atoms with van der Waals surface area (Å²) in [6, 6.07) is 7.36. The molecule has 0 aliphatic carbocycles. The molecule has 0 amide bonds. The van der Waals surface area contributed by atoms with Crippen molar-refractivity contribution in [3.05, 3.63) is 41.2 Å². The summed E-state index contributed by atoms with van der Waals surface area (Å²) in [5.74, 6) is 5.83. The molecule has 0 spiro atoms. The normalized spacial score (nSPS) is 9.61. The lowest BCUT2D eigenvalue weighted by molar-refractivity contribution is 0.988. The van der Waals surface area contributed by atoms with E-state index in [4.69, 9.17) is 17.4 Å². The van der Waals surface area contributed by atoms with E-state index in [0.29, 0.717) is 11.0 Å². The van der Waals surface area contributed by atoms with E-state index in [1.807, 2.05) is 18.2 Å². The van der Waals surface area contributed by atoms with Crippen LogP contribution in [0.3, 0.4) is 0 Å². The number of nitrogens with two attached hydrogens (primary N) is 1. The average Bonchev–Trinajstić information content (AvgIpc) is 2.67. The van der Waals surface area contributed by atoms with Gasteiger partial charge >= 0.3 is 0 Å². The fraction of sp³-hybridized carbons (Fsp3) is 0. The summed E-state index contributed by atoms with van der Waals surface area (Å²) in [6.45, 7) is 0. The van der Waals surface area contributed by atoms with Crippen molar-refractivity contribution in [2.75, 3.05) is 11.3 Å². The molecule has 0 radical (unpaired) electrons. The van der Waals surface area contributed by atoms with Crippen LogP contribution in [0.4, 0.5) is 5.95 Å². The number of nitrogens with zero attached hydrogens (tertiary/aromatic N) is 4. The molecule has 0 aliphatic heterocycles. The van der Waals surface area contributed by atoms with Crippen LogP contribution >= 0.6 is 36.4 Å². The van der Waals surface area contributed by atoms with Crippen molar-refractivity contribution in [1.29, 1.82) is 0 Å². The maximum atomic E-state index is 5.94. The summed E-state index contributed by atoms with van der Waals surface area (Å²) in [5, 5.41) is 11.9. The van der Waals surface area contributed by atoms with Crippen LogP contribution < -0.4 is 11.3 Å². The van der Waals surface area contributed by atoms with Gasteiger partial charge in [-0.05, 0) is 6.07 Å². The number of aromatic nitrogens is 3. The molecule has 3 N–H and O–H groups in total. The first-order valence-electron chi connectivity index (χ1n) is 4.46. The van der Waals surface area contributed by atoms with E-state index in [1.165, 1.54) is 11.0 Å². The number of benzene rings is 1. The molecule has 1 heterocycles. The summed E-state index contributed by atoms with van der Waals surface area (Å²) < 4.78 is 1.23. The molecule has 0 saturated heterocycles. The van der Waals surface area contributed by atoms with E-state index in [1.54, 1.807) is 12.3 Å². The number of hydrogen-bond donors (Lipinski definition) is 2. The lowest BCUT2D eigenvalue weighted by Crippen LogP contribution is -2.10. The van der Waals surface area contributed by atoms with Crippen LogP contribution in [0.2, 0.25) is 5.02 Å². The van der Waals surface area contributed by atoms with Gasteiger partial charge in [0, 0.05) is 10.6 Å². The molecule has 1 aromatic carbocycles. The summed E-state index contributed by atoms with van der Waals surface area (Å²) in [7, 11) is 0. The Morgan fingerprint density at radius 3 is 2.67 bits per heavy atom. The van der Waals surface area contributed by atoms with Crippen LogP contribution in [-0.2, 0) is 0 Å². The number of rotatable bonds is 3. The van der Waals surface area contributed by atoms with Gasteiger partial charge in [0.05, 0.1) is 6.21 Å². The zero-order chi connectivity index (χ0) is 11.4. The third-order valence-electron chi connectivity index (χ3n) is 1.85. The molecular formula is C9H11Cl3N6. The number of anilines is 1. The van der Waals surface area contributed by atoms with E-state index < -0.39 is 0 Å². The molecule has 6 nitrogen and oxygen atoms in total. The molecule has 2 aromatic rings. The van der Waals surface area contributed by atoms with Crippen LogP contribution in [0.1, 0.15) is 5.56 Å². The first-order chi connectivity index (χ1) is 7.77. The highest BCUT2D eigenvalue weighted by molar-refractivity contribution is 6.33. The first-order valence-corrected chi connectivity index (χ1v) is 4.84. The Balaban J connectivity index is 0.00000144. The van der Waals surface area contributed by atoms with Gasteiger partial charge in [-0.3, -0.25) is 0 Å². The standard InChI is InChI=1S/C9H9ClN6.2ClH/c10-8-4-2-1-3-7(8)5-12-14-9-15-13-6-16(9)11;;/h1-6H,11H2,(H,14,15);2*1H/b12-5+;;. The van der Waals surface area contributed by atoms with E-state index >= 15 is 0 Å². The van der Waals surface area contributed by atoms with Gasteiger partial charge in [0.25, 0.3) is 5.95 Å². The Bertz CT molecular complexity index is 513. The van der Waals surface area contributed by atoms with Crippen LogP contribution in [0.5, 0.6) is 0 Å². The van der Waals surface area contributed by atoms with Crippen molar-refractivity contribution in [2.45, 2.75) is 0 Å². The number of hydrogen-bond acceptors (Lipinski definition) is 5. The predicted octanol–water partition coefficient (Wildman–Crippen LogP) is 1.93. The zero-order valence-corrected chi connectivity index (χ0v) is 11.4. The fourth-order valence-corrected chi connectivity index (χ4v) is 1.25. The predicted molar refractivity (Wildman–Crippen MR) is 77.3 cm³/mol. The van der Waals surface area contributed by atoms with Crippen molar-refractivity contribution in [3.63, 3.8) is 0 Å². The number of nitrogen functional groups attached to an aromatic ring is 1. The van der Waals surface area contributed by atoms with Gasteiger partial charge in [0.15, 0.2) is 0 Å². The van der Waals surface area contributed by atoms with E-state index in [9.17, 15) is 0 Å². The Morgan fingerprint density at radius 2 is 2.06 bits per heavy atom. The van der Waals surface area contributed by atoms with Crippen molar-refractivity contribution in [3.8, 4) is 0 Å². The maximum absolute atomic E-state index is 5.94. The van der Waals surface area contributed by atoms with Gasteiger partial charge < -0.3 is 5.84 Å². The fourth-order valence-electron chi connectivity index (χ4n) is 1.06. The minimum absolute atomic E-state index is 0.